The number of fused-ring (bicyclic) bond motifs is 1. The molecule has 0 bridgehead atoms. The first-order valence-electron chi connectivity index (χ1n) is 7.06. The number of amides is 1. The highest BCUT2D eigenvalue weighted by atomic mass is 35.5. The van der Waals surface area contributed by atoms with Crippen molar-refractivity contribution in [1.82, 2.24) is 4.90 Å². The predicted octanol–water partition coefficient (Wildman–Crippen LogP) is 3.89. The number of benzene rings is 2. The van der Waals surface area contributed by atoms with Gasteiger partial charge in [-0.2, -0.15) is 0 Å². The molecular formula is C17H13Cl2NO3. The molecule has 0 aromatic heterocycles. The molecule has 1 heterocycles. The van der Waals surface area contributed by atoms with E-state index in [2.05, 4.69) is 6.07 Å². The van der Waals surface area contributed by atoms with Gasteiger partial charge in [0.2, 0.25) is 0 Å². The third-order valence-electron chi connectivity index (χ3n) is 3.92. The first-order valence-corrected chi connectivity index (χ1v) is 7.81. The smallest absolute Gasteiger partial charge is 0.338 e. The summed E-state index contributed by atoms with van der Waals surface area (Å²) in [6, 6.07) is 10.7. The molecule has 1 aliphatic rings. The Kier molecular flexibility index (Phi) is 4.28. The van der Waals surface area contributed by atoms with Crippen LogP contribution in [0.4, 0.5) is 0 Å². The summed E-state index contributed by atoms with van der Waals surface area (Å²) in [5, 5.41) is 9.00. The highest BCUT2D eigenvalue weighted by molar-refractivity contribution is 6.39. The Morgan fingerprint density at radius 3 is 2.26 bits per heavy atom. The summed E-state index contributed by atoms with van der Waals surface area (Å²) in [7, 11) is 0. The average Bonchev–Trinajstić information content (AvgIpc) is 2.52. The highest BCUT2D eigenvalue weighted by Crippen LogP contribution is 2.28. The number of aromatic carboxylic acids is 1. The van der Waals surface area contributed by atoms with Crippen molar-refractivity contribution in [2.75, 3.05) is 6.54 Å². The molecule has 3 rings (SSSR count). The molecule has 1 aliphatic heterocycles. The Morgan fingerprint density at radius 1 is 1.04 bits per heavy atom. The molecule has 2 aromatic carbocycles. The summed E-state index contributed by atoms with van der Waals surface area (Å²) in [4.78, 5) is 25.5. The molecule has 0 spiro atoms. The van der Waals surface area contributed by atoms with Crippen LogP contribution >= 0.6 is 23.2 Å². The van der Waals surface area contributed by atoms with Gasteiger partial charge in [-0.1, -0.05) is 47.5 Å². The number of hydrogen-bond acceptors (Lipinski definition) is 2. The fourth-order valence-corrected chi connectivity index (χ4v) is 3.40. The third kappa shape index (κ3) is 3.05. The van der Waals surface area contributed by atoms with Crippen LogP contribution in [0.1, 0.15) is 31.8 Å². The second kappa shape index (κ2) is 6.22. The minimum atomic E-state index is -1.22. The molecule has 0 unspecified atom stereocenters. The van der Waals surface area contributed by atoms with Crippen LogP contribution in [0.5, 0.6) is 0 Å². The van der Waals surface area contributed by atoms with Crippen molar-refractivity contribution in [3.8, 4) is 0 Å². The maximum absolute atomic E-state index is 12.7. The van der Waals surface area contributed by atoms with Gasteiger partial charge in [0.1, 0.15) is 0 Å². The Morgan fingerprint density at radius 2 is 1.65 bits per heavy atom. The van der Waals surface area contributed by atoms with Crippen LogP contribution in [0.15, 0.2) is 36.4 Å². The quantitative estimate of drug-likeness (QED) is 0.894. The molecule has 0 atom stereocenters. The van der Waals surface area contributed by atoms with E-state index in [1.165, 1.54) is 17.7 Å². The minimum Gasteiger partial charge on any atom is -0.478 e. The largest absolute Gasteiger partial charge is 0.478 e. The zero-order valence-corrected chi connectivity index (χ0v) is 13.6. The molecule has 0 fully saturated rings. The van der Waals surface area contributed by atoms with Crippen molar-refractivity contribution in [2.24, 2.45) is 0 Å². The number of nitrogens with zero attached hydrogens (tertiary/aromatic N) is 1. The summed E-state index contributed by atoms with van der Waals surface area (Å²) in [5.74, 6) is -1.42. The fourth-order valence-electron chi connectivity index (χ4n) is 2.75. The van der Waals surface area contributed by atoms with E-state index in [9.17, 15) is 9.59 Å². The molecular weight excluding hydrogens is 337 g/mol. The van der Waals surface area contributed by atoms with Gasteiger partial charge in [-0.25, -0.2) is 4.79 Å². The fraction of sp³-hybridized carbons (Fsp3) is 0.176. The Hall–Kier alpha value is -2.04. The van der Waals surface area contributed by atoms with Crippen LogP contribution < -0.4 is 0 Å². The molecule has 0 aliphatic carbocycles. The normalized spacial score (nSPS) is 13.6. The maximum Gasteiger partial charge on any atom is 0.338 e. The van der Waals surface area contributed by atoms with E-state index >= 15 is 0 Å². The van der Waals surface area contributed by atoms with Gasteiger partial charge in [0.15, 0.2) is 0 Å². The lowest BCUT2D eigenvalue weighted by molar-refractivity contribution is 0.0693. The van der Waals surface area contributed by atoms with E-state index in [4.69, 9.17) is 28.3 Å². The lowest BCUT2D eigenvalue weighted by Crippen LogP contribution is -2.36. The molecule has 118 valence electrons. The van der Waals surface area contributed by atoms with Crippen LogP contribution in [0, 0.1) is 0 Å². The van der Waals surface area contributed by atoms with Crippen molar-refractivity contribution in [3.05, 3.63) is 68.7 Å². The van der Waals surface area contributed by atoms with E-state index in [1.54, 1.807) is 4.90 Å². The summed E-state index contributed by atoms with van der Waals surface area (Å²) in [6.45, 7) is 1.12. The first kappa shape index (κ1) is 15.8. The highest BCUT2D eigenvalue weighted by Gasteiger charge is 2.24. The van der Waals surface area contributed by atoms with E-state index in [0.717, 1.165) is 12.0 Å². The van der Waals surface area contributed by atoms with Crippen molar-refractivity contribution in [1.29, 1.82) is 0 Å². The standard InChI is InChI=1S/C17H13Cl2NO3/c18-13-7-12(8-14(19)15(13)17(22)23)16(21)20-6-5-10-3-1-2-4-11(10)9-20/h1-4,7-8H,5-6,9H2,(H,22,23). The first-order chi connectivity index (χ1) is 11.0. The average molecular weight is 350 g/mol. The zero-order valence-electron chi connectivity index (χ0n) is 12.1. The van der Waals surface area contributed by atoms with Crippen LogP contribution in [-0.2, 0) is 13.0 Å². The van der Waals surface area contributed by atoms with E-state index in [-0.39, 0.29) is 21.5 Å². The third-order valence-corrected chi connectivity index (χ3v) is 4.52. The van der Waals surface area contributed by atoms with Gasteiger partial charge in [-0.15, -0.1) is 0 Å². The van der Waals surface area contributed by atoms with Gasteiger partial charge >= 0.3 is 5.97 Å². The van der Waals surface area contributed by atoms with Gasteiger partial charge in [0, 0.05) is 18.7 Å². The lowest BCUT2D eigenvalue weighted by Gasteiger charge is -2.29. The van der Waals surface area contributed by atoms with Gasteiger partial charge in [-0.3, -0.25) is 4.79 Å². The number of carboxylic acids is 1. The summed E-state index contributed by atoms with van der Waals surface area (Å²) in [6.07, 6.45) is 0.788. The maximum atomic E-state index is 12.7. The molecule has 0 radical (unpaired) electrons. The summed E-state index contributed by atoms with van der Waals surface area (Å²) < 4.78 is 0. The van der Waals surface area contributed by atoms with Gasteiger partial charge in [0.05, 0.1) is 15.6 Å². The molecule has 0 saturated carbocycles. The number of hydrogen-bond donors (Lipinski definition) is 1. The number of carboxylic acid groups (broad SMARTS) is 1. The second-order valence-corrected chi connectivity index (χ2v) is 6.18. The monoisotopic (exact) mass is 349 g/mol. The Labute approximate surface area is 143 Å². The van der Waals surface area contributed by atoms with E-state index in [0.29, 0.717) is 18.7 Å². The molecule has 1 amide bonds. The van der Waals surface area contributed by atoms with Crippen molar-refractivity contribution >= 4 is 35.1 Å². The number of halogens is 2. The van der Waals surface area contributed by atoms with Gasteiger partial charge in [0.25, 0.3) is 5.91 Å². The molecule has 23 heavy (non-hydrogen) atoms. The Bertz CT molecular complexity index is 781. The number of carbonyl (C=O) groups excluding carboxylic acids is 1. The van der Waals surface area contributed by atoms with Crippen molar-refractivity contribution in [2.45, 2.75) is 13.0 Å². The Balaban J connectivity index is 1.89. The van der Waals surface area contributed by atoms with Crippen LogP contribution in [0.2, 0.25) is 10.0 Å². The lowest BCUT2D eigenvalue weighted by atomic mass is 9.99. The number of rotatable bonds is 2. The van der Waals surface area contributed by atoms with Crippen LogP contribution in [0.3, 0.4) is 0 Å². The molecule has 6 heteroatoms. The topological polar surface area (TPSA) is 57.6 Å². The summed E-state index contributed by atoms with van der Waals surface area (Å²) in [5.41, 5.74) is 2.47. The van der Waals surface area contributed by atoms with Crippen molar-refractivity contribution < 1.29 is 14.7 Å². The molecule has 4 nitrogen and oxygen atoms in total. The molecule has 1 N–H and O–H groups in total. The molecule has 2 aromatic rings. The number of carbonyl (C=O) groups is 2. The molecule has 0 saturated heterocycles. The SMILES string of the molecule is O=C(O)c1c(Cl)cc(C(=O)N2CCc3ccccc3C2)cc1Cl. The van der Waals surface area contributed by atoms with E-state index in [1.807, 2.05) is 18.2 Å². The second-order valence-electron chi connectivity index (χ2n) is 5.37. The minimum absolute atomic E-state index is 0.0363. The van der Waals surface area contributed by atoms with Gasteiger partial charge < -0.3 is 10.0 Å². The van der Waals surface area contributed by atoms with Gasteiger partial charge in [-0.05, 0) is 29.7 Å². The zero-order chi connectivity index (χ0) is 16.6. The summed E-state index contributed by atoms with van der Waals surface area (Å²) >= 11 is 11.9. The van der Waals surface area contributed by atoms with Crippen LogP contribution in [0.25, 0.3) is 0 Å². The van der Waals surface area contributed by atoms with Crippen molar-refractivity contribution in [3.63, 3.8) is 0 Å². The predicted molar refractivity (Wildman–Crippen MR) is 88.3 cm³/mol. The van der Waals surface area contributed by atoms with E-state index < -0.39 is 5.97 Å². The van der Waals surface area contributed by atoms with Crippen LogP contribution in [-0.4, -0.2) is 28.4 Å².